The first-order valence-electron chi connectivity index (χ1n) is 4.06. The molecule has 0 radical (unpaired) electrons. The Labute approximate surface area is 68.0 Å². The van der Waals surface area contributed by atoms with Crippen LogP contribution in [-0.2, 0) is 0 Å². The van der Waals surface area contributed by atoms with Crippen molar-refractivity contribution in [3.8, 4) is 6.07 Å². The van der Waals surface area contributed by atoms with Crippen LogP contribution in [0.2, 0.25) is 0 Å². The molecule has 1 saturated heterocycles. The predicted molar refractivity (Wildman–Crippen MR) is 44.1 cm³/mol. The summed E-state index contributed by atoms with van der Waals surface area (Å²) in [5.41, 5.74) is 0. The monoisotopic (exact) mass is 153 g/mol. The van der Waals surface area contributed by atoms with Crippen LogP contribution in [0.1, 0.15) is 6.92 Å². The van der Waals surface area contributed by atoms with E-state index >= 15 is 0 Å². The number of nitrogens with zero attached hydrogens (tertiary/aromatic N) is 2. The van der Waals surface area contributed by atoms with Crippen LogP contribution in [-0.4, -0.2) is 37.6 Å². The summed E-state index contributed by atoms with van der Waals surface area (Å²) in [6, 6.07) is 2.68. The van der Waals surface area contributed by atoms with E-state index in [0.717, 1.165) is 19.6 Å². The SMILES string of the molecule is CC(C#N)C1CNCCN1C. The number of nitrogens with one attached hydrogen (secondary N) is 1. The van der Waals surface area contributed by atoms with E-state index in [-0.39, 0.29) is 5.92 Å². The summed E-state index contributed by atoms with van der Waals surface area (Å²) >= 11 is 0. The van der Waals surface area contributed by atoms with Gasteiger partial charge in [-0.3, -0.25) is 4.90 Å². The van der Waals surface area contributed by atoms with Gasteiger partial charge < -0.3 is 5.32 Å². The molecule has 2 unspecified atom stereocenters. The fourth-order valence-electron chi connectivity index (χ4n) is 1.47. The van der Waals surface area contributed by atoms with Crippen LogP contribution >= 0.6 is 0 Å². The molecule has 1 aliphatic rings. The lowest BCUT2D eigenvalue weighted by Gasteiger charge is -2.34. The van der Waals surface area contributed by atoms with Crippen LogP contribution in [0.15, 0.2) is 0 Å². The highest BCUT2D eigenvalue weighted by Crippen LogP contribution is 2.09. The van der Waals surface area contributed by atoms with E-state index in [0.29, 0.717) is 6.04 Å². The van der Waals surface area contributed by atoms with Crippen molar-refractivity contribution in [3.63, 3.8) is 0 Å². The smallest absolute Gasteiger partial charge is 0.0669 e. The van der Waals surface area contributed by atoms with Gasteiger partial charge in [0.15, 0.2) is 0 Å². The van der Waals surface area contributed by atoms with Gasteiger partial charge in [0.1, 0.15) is 0 Å². The quantitative estimate of drug-likeness (QED) is 0.578. The molecule has 3 heteroatoms. The summed E-state index contributed by atoms with van der Waals surface area (Å²) in [5, 5.41) is 12.0. The Kier molecular flexibility index (Phi) is 2.86. The van der Waals surface area contributed by atoms with Crippen molar-refractivity contribution in [2.45, 2.75) is 13.0 Å². The first-order chi connectivity index (χ1) is 5.25. The molecule has 1 aliphatic heterocycles. The largest absolute Gasteiger partial charge is 0.314 e. The topological polar surface area (TPSA) is 39.1 Å². The summed E-state index contributed by atoms with van der Waals surface area (Å²) in [6.45, 7) is 5.03. The molecule has 0 amide bonds. The number of nitriles is 1. The lowest BCUT2D eigenvalue weighted by atomic mass is 10.0. The Balaban J connectivity index is 2.48. The lowest BCUT2D eigenvalue weighted by Crippen LogP contribution is -2.51. The zero-order chi connectivity index (χ0) is 8.27. The zero-order valence-corrected chi connectivity index (χ0v) is 7.17. The van der Waals surface area contributed by atoms with Crippen molar-refractivity contribution >= 4 is 0 Å². The third-order valence-corrected chi connectivity index (χ3v) is 2.34. The van der Waals surface area contributed by atoms with Gasteiger partial charge in [-0.15, -0.1) is 0 Å². The van der Waals surface area contributed by atoms with E-state index in [9.17, 15) is 0 Å². The Morgan fingerprint density at radius 1 is 1.73 bits per heavy atom. The van der Waals surface area contributed by atoms with E-state index in [2.05, 4.69) is 23.3 Å². The van der Waals surface area contributed by atoms with Crippen LogP contribution < -0.4 is 5.32 Å². The first-order valence-corrected chi connectivity index (χ1v) is 4.06. The molecule has 11 heavy (non-hydrogen) atoms. The fraction of sp³-hybridized carbons (Fsp3) is 0.875. The fourth-order valence-corrected chi connectivity index (χ4v) is 1.47. The molecule has 0 saturated carbocycles. The highest BCUT2D eigenvalue weighted by molar-refractivity contribution is 4.92. The molecule has 3 nitrogen and oxygen atoms in total. The third-order valence-electron chi connectivity index (χ3n) is 2.34. The molecule has 0 aromatic heterocycles. The average Bonchev–Trinajstić information content (AvgIpc) is 2.04. The summed E-state index contributed by atoms with van der Waals surface area (Å²) in [5.74, 6) is 0.132. The van der Waals surface area contributed by atoms with Gasteiger partial charge in [0.2, 0.25) is 0 Å². The molecule has 1 rings (SSSR count). The highest BCUT2D eigenvalue weighted by atomic mass is 15.2. The van der Waals surface area contributed by atoms with E-state index in [1.165, 1.54) is 0 Å². The molecule has 0 aromatic rings. The van der Waals surface area contributed by atoms with E-state index in [4.69, 9.17) is 5.26 Å². The van der Waals surface area contributed by atoms with Gasteiger partial charge >= 0.3 is 0 Å². The second kappa shape index (κ2) is 3.70. The summed E-state index contributed by atoms with van der Waals surface area (Å²) in [7, 11) is 2.08. The molecule has 1 N–H and O–H groups in total. The van der Waals surface area contributed by atoms with Crippen LogP contribution in [0, 0.1) is 17.2 Å². The van der Waals surface area contributed by atoms with Crippen molar-refractivity contribution in [3.05, 3.63) is 0 Å². The molecule has 1 fully saturated rings. The minimum atomic E-state index is 0.132. The summed E-state index contributed by atoms with van der Waals surface area (Å²) < 4.78 is 0. The first kappa shape index (κ1) is 8.51. The van der Waals surface area contributed by atoms with Crippen LogP contribution in [0.5, 0.6) is 0 Å². The molecule has 0 aliphatic carbocycles. The average molecular weight is 153 g/mol. The van der Waals surface area contributed by atoms with Crippen LogP contribution in [0.25, 0.3) is 0 Å². The van der Waals surface area contributed by atoms with Gasteiger partial charge in [0, 0.05) is 25.7 Å². The molecule has 0 spiro atoms. The van der Waals surface area contributed by atoms with Crippen molar-refractivity contribution in [1.29, 1.82) is 5.26 Å². The second-order valence-electron chi connectivity index (χ2n) is 3.17. The molecule has 62 valence electrons. The van der Waals surface area contributed by atoms with Gasteiger partial charge in [-0.25, -0.2) is 0 Å². The molecule has 1 heterocycles. The van der Waals surface area contributed by atoms with E-state index < -0.39 is 0 Å². The highest BCUT2D eigenvalue weighted by Gasteiger charge is 2.23. The maximum absolute atomic E-state index is 8.70. The lowest BCUT2D eigenvalue weighted by molar-refractivity contribution is 0.171. The number of likely N-dealkylation sites (N-methyl/N-ethyl adjacent to an activating group) is 1. The number of piperazine rings is 1. The second-order valence-corrected chi connectivity index (χ2v) is 3.17. The Bertz CT molecular complexity index is 161. The van der Waals surface area contributed by atoms with Gasteiger partial charge in [0.25, 0.3) is 0 Å². The Morgan fingerprint density at radius 2 is 2.45 bits per heavy atom. The molecule has 2 atom stereocenters. The Morgan fingerprint density at radius 3 is 3.00 bits per heavy atom. The minimum absolute atomic E-state index is 0.132. The molecular formula is C8H15N3. The van der Waals surface area contributed by atoms with Gasteiger partial charge in [0.05, 0.1) is 12.0 Å². The molecule has 0 aromatic carbocycles. The van der Waals surface area contributed by atoms with Crippen molar-refractivity contribution in [2.24, 2.45) is 5.92 Å². The van der Waals surface area contributed by atoms with Crippen molar-refractivity contribution in [1.82, 2.24) is 10.2 Å². The van der Waals surface area contributed by atoms with Crippen molar-refractivity contribution < 1.29 is 0 Å². The Hall–Kier alpha value is -0.590. The van der Waals surface area contributed by atoms with Crippen LogP contribution in [0.3, 0.4) is 0 Å². The van der Waals surface area contributed by atoms with Gasteiger partial charge in [-0.05, 0) is 14.0 Å². The van der Waals surface area contributed by atoms with E-state index in [1.54, 1.807) is 0 Å². The van der Waals surface area contributed by atoms with Gasteiger partial charge in [-0.2, -0.15) is 5.26 Å². The molecular weight excluding hydrogens is 138 g/mol. The standard InChI is InChI=1S/C8H15N3/c1-7(5-9)8-6-10-3-4-11(8)2/h7-8,10H,3-4,6H2,1-2H3. The zero-order valence-electron chi connectivity index (χ0n) is 7.17. The van der Waals surface area contributed by atoms with Crippen molar-refractivity contribution in [2.75, 3.05) is 26.7 Å². The van der Waals surface area contributed by atoms with Gasteiger partial charge in [-0.1, -0.05) is 0 Å². The maximum Gasteiger partial charge on any atom is 0.0669 e. The number of rotatable bonds is 1. The van der Waals surface area contributed by atoms with Crippen LogP contribution in [0.4, 0.5) is 0 Å². The van der Waals surface area contributed by atoms with E-state index in [1.807, 2.05) is 6.92 Å². The number of hydrogen-bond donors (Lipinski definition) is 1. The summed E-state index contributed by atoms with van der Waals surface area (Å²) in [4.78, 5) is 2.25. The number of hydrogen-bond acceptors (Lipinski definition) is 3. The third kappa shape index (κ3) is 1.92. The predicted octanol–water partition coefficient (Wildman–Crippen LogP) is 0.0497. The normalized spacial score (nSPS) is 29.4. The molecule has 0 bridgehead atoms. The maximum atomic E-state index is 8.70. The minimum Gasteiger partial charge on any atom is -0.314 e. The summed E-state index contributed by atoms with van der Waals surface area (Å²) in [6.07, 6.45) is 0.